The van der Waals surface area contributed by atoms with E-state index < -0.39 is 0 Å². The average Bonchev–Trinajstić information content (AvgIpc) is 3.01. The van der Waals surface area contributed by atoms with Gasteiger partial charge in [0.2, 0.25) is 0 Å². The van der Waals surface area contributed by atoms with Crippen LogP contribution in [0.1, 0.15) is 156 Å². The molecule has 3 N–H and O–H groups in total. The van der Waals surface area contributed by atoms with Gasteiger partial charge in [-0.3, -0.25) is 0 Å². The SMILES string of the molecule is C=C(C)[C@@H]1CCC(C)=C[C@H]1c1c(O)cc(CCCCC)cc1O.CCCCCc1cc(O)c2c(c1)OC(C)(C)[C@@H]1CCC(C)=C[C@@H]21.[3H]C. The van der Waals surface area contributed by atoms with E-state index in [0.29, 0.717) is 17.2 Å². The van der Waals surface area contributed by atoms with Crippen molar-refractivity contribution in [2.24, 2.45) is 11.8 Å². The molecule has 1 aliphatic heterocycles. The predicted octanol–water partition coefficient (Wildman–Crippen LogP) is 12.2. The number of phenolic OH excluding ortho intramolecular Hbond substituents is 3. The summed E-state index contributed by atoms with van der Waals surface area (Å²) in [5.41, 5.74) is 7.57. The molecular weight excluding hydrogens is 580 g/mol. The van der Waals surface area contributed by atoms with E-state index >= 15 is 0 Å². The Bertz CT molecular complexity index is 1410. The van der Waals surface area contributed by atoms with Crippen LogP contribution < -0.4 is 4.74 Å². The highest BCUT2D eigenvalue weighted by molar-refractivity contribution is 5.54. The van der Waals surface area contributed by atoms with E-state index in [1.54, 1.807) is 0 Å². The fraction of sp³-hybridized carbons (Fsp3) is 0.581. The van der Waals surface area contributed by atoms with Gasteiger partial charge >= 0.3 is 0 Å². The maximum Gasteiger partial charge on any atom is 0.127 e. The molecule has 0 amide bonds. The zero-order valence-corrected chi connectivity index (χ0v) is 30.7. The standard InChI is InChI=1S/2C21H30O2.CH4/c1-5-6-7-8-15-12-18(22)20-16-11-14(2)9-10-17(16)21(3,4)23-19(20)13-15;1-5-6-7-8-16-12-19(22)21(20(23)13-16)18-11-15(4)9-10-17(18)14(2)3;/h11-13,16-17,22H,5-10H2,1-4H3;11-13,17-18,22-23H,2,5-10H2,1,3-4H3;1H4/t16-,17-;17-,18+;/m10./s1/i;;1T. The number of unbranched alkanes of at least 4 members (excludes halogenated alkanes) is 4. The molecule has 0 unspecified atom stereocenters. The topological polar surface area (TPSA) is 69.9 Å². The minimum absolute atomic E-state index is 0.0194. The molecule has 0 bridgehead atoms. The lowest BCUT2D eigenvalue weighted by Crippen LogP contribution is -2.45. The Morgan fingerprint density at radius 1 is 0.809 bits per heavy atom. The van der Waals surface area contributed by atoms with Crippen LogP contribution in [0.15, 0.2) is 59.7 Å². The van der Waals surface area contributed by atoms with Crippen LogP contribution in [0.2, 0.25) is 0 Å². The van der Waals surface area contributed by atoms with Gasteiger partial charge in [-0.1, -0.05) is 82.4 Å². The van der Waals surface area contributed by atoms with Gasteiger partial charge in [0.05, 0.1) is 0 Å². The van der Waals surface area contributed by atoms with Crippen LogP contribution in [0.25, 0.3) is 0 Å². The van der Waals surface area contributed by atoms with Gasteiger partial charge in [-0.15, -0.1) is 0 Å². The van der Waals surface area contributed by atoms with E-state index in [0.717, 1.165) is 67.4 Å². The summed E-state index contributed by atoms with van der Waals surface area (Å²) in [5, 5.41) is 31.8. The molecule has 4 nitrogen and oxygen atoms in total. The summed E-state index contributed by atoms with van der Waals surface area (Å²) in [6.45, 7) is 19.3. The smallest absolute Gasteiger partial charge is 0.127 e. The highest BCUT2D eigenvalue weighted by Gasteiger charge is 2.45. The van der Waals surface area contributed by atoms with Crippen LogP contribution in [0.3, 0.4) is 0 Å². The predicted molar refractivity (Wildman–Crippen MR) is 199 cm³/mol. The fourth-order valence-electron chi connectivity index (χ4n) is 7.95. The number of hydrogen-bond acceptors (Lipinski definition) is 4. The molecule has 0 spiro atoms. The molecule has 4 heteroatoms. The van der Waals surface area contributed by atoms with Crippen LogP contribution in [0.4, 0.5) is 0 Å². The molecule has 0 fully saturated rings. The van der Waals surface area contributed by atoms with Crippen molar-refractivity contribution in [2.45, 2.75) is 150 Å². The van der Waals surface area contributed by atoms with Crippen LogP contribution in [0, 0.1) is 11.8 Å². The third-order valence-electron chi connectivity index (χ3n) is 10.6. The Kier molecular flexibility index (Phi) is 13.1. The molecule has 2 aromatic rings. The molecule has 47 heavy (non-hydrogen) atoms. The summed E-state index contributed by atoms with van der Waals surface area (Å²) in [7, 11) is 1.25. The number of fused-ring (bicyclic) bond motifs is 3. The molecule has 5 rings (SSSR count). The number of rotatable bonds is 10. The van der Waals surface area contributed by atoms with Crippen LogP contribution >= 0.6 is 0 Å². The monoisotopic (exact) mass is 646 g/mol. The van der Waals surface area contributed by atoms with Crippen molar-refractivity contribution in [1.82, 2.24) is 0 Å². The zero-order chi connectivity index (χ0) is 35.6. The molecule has 4 atom stereocenters. The van der Waals surface area contributed by atoms with Gasteiger partial charge in [0.15, 0.2) is 0 Å². The number of aryl methyl sites for hydroxylation is 2. The number of aromatic hydroxyl groups is 3. The van der Waals surface area contributed by atoms with Crippen molar-refractivity contribution >= 4 is 0 Å². The van der Waals surface area contributed by atoms with Gasteiger partial charge < -0.3 is 20.1 Å². The number of phenols is 3. The van der Waals surface area contributed by atoms with E-state index in [1.165, 1.54) is 56.2 Å². The normalized spacial score (nSPS) is 22.8. The number of hydrogen-bond donors (Lipinski definition) is 3. The minimum atomic E-state index is -0.177. The highest BCUT2D eigenvalue weighted by atomic mass is 16.5. The minimum Gasteiger partial charge on any atom is -0.507 e. The highest BCUT2D eigenvalue weighted by Crippen LogP contribution is 2.53. The third kappa shape index (κ3) is 9.27. The van der Waals surface area contributed by atoms with Crippen molar-refractivity contribution in [3.8, 4) is 23.0 Å². The van der Waals surface area contributed by atoms with E-state index in [2.05, 4.69) is 66.3 Å². The Balaban J connectivity index is 0.000000248. The van der Waals surface area contributed by atoms with E-state index in [1.807, 2.05) is 25.1 Å². The molecule has 0 radical (unpaired) electrons. The van der Waals surface area contributed by atoms with Crippen molar-refractivity contribution in [1.29, 1.82) is 0 Å². The van der Waals surface area contributed by atoms with Crippen molar-refractivity contribution in [2.75, 3.05) is 0 Å². The molecule has 0 saturated carbocycles. The summed E-state index contributed by atoms with van der Waals surface area (Å²) < 4.78 is 12.1. The van der Waals surface area contributed by atoms with E-state index in [4.69, 9.17) is 6.11 Å². The van der Waals surface area contributed by atoms with Crippen LogP contribution in [-0.2, 0) is 12.8 Å². The van der Waals surface area contributed by atoms with Gasteiger partial charge in [-0.25, -0.2) is 0 Å². The first kappa shape index (κ1) is 36.7. The molecule has 260 valence electrons. The number of benzene rings is 2. The quantitative estimate of drug-likeness (QED) is 0.177. The Hall–Kier alpha value is -3.14. The molecule has 2 aromatic carbocycles. The first-order valence-corrected chi connectivity index (χ1v) is 18.0. The van der Waals surface area contributed by atoms with Crippen LogP contribution in [0.5, 0.6) is 23.0 Å². The first-order valence-electron chi connectivity index (χ1n) is 19.0. The largest absolute Gasteiger partial charge is 0.507 e. The summed E-state index contributed by atoms with van der Waals surface area (Å²) in [6, 6.07) is 7.79. The molecule has 2 aliphatic carbocycles. The Morgan fingerprint density at radius 3 is 1.83 bits per heavy atom. The molecular formula is C43H64O4. The van der Waals surface area contributed by atoms with E-state index in [9.17, 15) is 15.3 Å². The lowest BCUT2D eigenvalue weighted by atomic mass is 9.68. The summed E-state index contributed by atoms with van der Waals surface area (Å²) in [4.78, 5) is 0. The molecule has 3 aliphatic rings. The van der Waals surface area contributed by atoms with Crippen molar-refractivity contribution in [3.63, 3.8) is 0 Å². The summed E-state index contributed by atoms with van der Waals surface area (Å²) in [6.07, 6.45) is 17.9. The lowest BCUT2D eigenvalue weighted by molar-refractivity contribution is 0.0107. The van der Waals surface area contributed by atoms with Crippen molar-refractivity contribution < 1.29 is 21.4 Å². The number of ether oxygens (including phenoxy) is 1. The van der Waals surface area contributed by atoms with Gasteiger partial charge in [-0.2, -0.15) is 0 Å². The number of allylic oxidation sites excluding steroid dienone is 5. The van der Waals surface area contributed by atoms with Gasteiger partial charge in [-0.05, 0) is 127 Å². The second-order valence-corrected chi connectivity index (χ2v) is 14.9. The summed E-state index contributed by atoms with van der Waals surface area (Å²) in [5.74, 6) is 2.78. The zero-order valence-electron chi connectivity index (χ0n) is 31.7. The Labute approximate surface area is 288 Å². The molecule has 0 aromatic heterocycles. The Morgan fingerprint density at radius 2 is 1.30 bits per heavy atom. The van der Waals surface area contributed by atoms with Crippen LogP contribution in [-0.4, -0.2) is 20.9 Å². The van der Waals surface area contributed by atoms with Gasteiger partial charge in [0, 0.05) is 30.3 Å². The second-order valence-electron chi connectivity index (χ2n) is 14.9. The maximum atomic E-state index is 10.7. The first-order chi connectivity index (χ1) is 22.9. The second kappa shape index (κ2) is 16.8. The average molecular weight is 647 g/mol. The lowest BCUT2D eigenvalue weighted by Gasteiger charge is -2.46. The third-order valence-corrected chi connectivity index (χ3v) is 10.6. The fourth-order valence-corrected chi connectivity index (χ4v) is 7.95. The van der Waals surface area contributed by atoms with Gasteiger partial charge in [0.25, 0.3) is 0 Å². The molecule has 0 saturated heterocycles. The van der Waals surface area contributed by atoms with Crippen molar-refractivity contribution in [3.05, 3.63) is 82.0 Å². The van der Waals surface area contributed by atoms with E-state index in [-0.39, 0.29) is 34.9 Å². The van der Waals surface area contributed by atoms with Gasteiger partial charge in [0.1, 0.15) is 28.6 Å². The summed E-state index contributed by atoms with van der Waals surface area (Å²) >= 11 is 0. The maximum absolute atomic E-state index is 10.7. The molecule has 1 heterocycles.